The second-order valence-corrected chi connectivity index (χ2v) is 4.60. The van der Waals surface area contributed by atoms with Gasteiger partial charge in [-0.05, 0) is 24.2 Å². The van der Waals surface area contributed by atoms with Crippen molar-refractivity contribution >= 4 is 11.6 Å². The SMILES string of the molecule is CCNC(Cc1ncnn1C)c1ccc(Cl)cc1. The molecular weight excluding hydrogens is 248 g/mol. The van der Waals surface area contributed by atoms with Crippen molar-refractivity contribution in [2.45, 2.75) is 19.4 Å². The number of hydrogen-bond acceptors (Lipinski definition) is 3. The number of nitrogens with zero attached hydrogens (tertiary/aromatic N) is 3. The van der Waals surface area contributed by atoms with Gasteiger partial charge in [-0.3, -0.25) is 4.68 Å². The molecule has 2 rings (SSSR count). The van der Waals surface area contributed by atoms with E-state index in [9.17, 15) is 0 Å². The molecule has 0 radical (unpaired) electrons. The Balaban J connectivity index is 2.18. The summed E-state index contributed by atoms with van der Waals surface area (Å²) in [5.41, 5.74) is 1.21. The second-order valence-electron chi connectivity index (χ2n) is 4.17. The van der Waals surface area contributed by atoms with Crippen LogP contribution in [0, 0.1) is 0 Å². The molecule has 1 N–H and O–H groups in total. The van der Waals surface area contributed by atoms with Crippen LogP contribution < -0.4 is 5.32 Å². The molecule has 0 aliphatic rings. The van der Waals surface area contributed by atoms with E-state index < -0.39 is 0 Å². The Hall–Kier alpha value is -1.39. The second kappa shape index (κ2) is 5.98. The summed E-state index contributed by atoms with van der Waals surface area (Å²) in [4.78, 5) is 4.27. The molecule has 0 fully saturated rings. The van der Waals surface area contributed by atoms with E-state index in [0.717, 1.165) is 23.8 Å². The Bertz CT molecular complexity index is 492. The highest BCUT2D eigenvalue weighted by Gasteiger charge is 2.13. The van der Waals surface area contributed by atoms with Crippen molar-refractivity contribution in [3.8, 4) is 0 Å². The molecule has 0 amide bonds. The van der Waals surface area contributed by atoms with Crippen molar-refractivity contribution in [1.82, 2.24) is 20.1 Å². The fourth-order valence-electron chi connectivity index (χ4n) is 1.94. The smallest absolute Gasteiger partial charge is 0.138 e. The molecule has 0 bridgehead atoms. The van der Waals surface area contributed by atoms with Crippen molar-refractivity contribution in [3.05, 3.63) is 47.0 Å². The van der Waals surface area contributed by atoms with Crippen LogP contribution in [0.25, 0.3) is 0 Å². The predicted octanol–water partition coefficient (Wildman–Crippen LogP) is 2.36. The largest absolute Gasteiger partial charge is 0.310 e. The van der Waals surface area contributed by atoms with Crippen molar-refractivity contribution in [2.24, 2.45) is 7.05 Å². The summed E-state index contributed by atoms with van der Waals surface area (Å²) in [5.74, 6) is 0.968. The molecule has 5 heteroatoms. The van der Waals surface area contributed by atoms with E-state index in [1.807, 2.05) is 31.3 Å². The lowest BCUT2D eigenvalue weighted by Crippen LogP contribution is -2.24. The van der Waals surface area contributed by atoms with Gasteiger partial charge in [-0.2, -0.15) is 5.10 Å². The van der Waals surface area contributed by atoms with Crippen LogP contribution in [0.15, 0.2) is 30.6 Å². The summed E-state index contributed by atoms with van der Waals surface area (Å²) < 4.78 is 1.81. The molecule has 0 aliphatic carbocycles. The minimum absolute atomic E-state index is 0.232. The van der Waals surface area contributed by atoms with Crippen LogP contribution in [-0.2, 0) is 13.5 Å². The molecule has 1 heterocycles. The summed E-state index contributed by atoms with van der Waals surface area (Å²) in [5, 5.41) is 8.31. The van der Waals surface area contributed by atoms with Crippen molar-refractivity contribution in [3.63, 3.8) is 0 Å². The molecule has 4 nitrogen and oxygen atoms in total. The molecule has 2 aromatic rings. The first-order valence-electron chi connectivity index (χ1n) is 6.02. The Kier molecular flexibility index (Phi) is 4.33. The Morgan fingerprint density at radius 1 is 1.33 bits per heavy atom. The third-order valence-corrected chi connectivity index (χ3v) is 3.17. The van der Waals surface area contributed by atoms with E-state index in [4.69, 9.17) is 11.6 Å². The number of rotatable bonds is 5. The van der Waals surface area contributed by atoms with Crippen LogP contribution in [-0.4, -0.2) is 21.3 Å². The van der Waals surface area contributed by atoms with E-state index >= 15 is 0 Å². The number of aryl methyl sites for hydroxylation is 1. The zero-order chi connectivity index (χ0) is 13.0. The van der Waals surface area contributed by atoms with Gasteiger partial charge < -0.3 is 5.32 Å². The van der Waals surface area contributed by atoms with Gasteiger partial charge in [0.1, 0.15) is 12.2 Å². The summed E-state index contributed by atoms with van der Waals surface area (Å²) in [7, 11) is 1.91. The monoisotopic (exact) mass is 264 g/mol. The molecule has 96 valence electrons. The highest BCUT2D eigenvalue weighted by molar-refractivity contribution is 6.30. The van der Waals surface area contributed by atoms with Gasteiger partial charge in [-0.15, -0.1) is 0 Å². The minimum atomic E-state index is 0.232. The molecule has 1 aromatic heterocycles. The molecule has 0 saturated heterocycles. The number of benzene rings is 1. The zero-order valence-corrected chi connectivity index (χ0v) is 11.4. The van der Waals surface area contributed by atoms with Crippen LogP contribution in [0.4, 0.5) is 0 Å². The van der Waals surface area contributed by atoms with Gasteiger partial charge in [0.2, 0.25) is 0 Å². The molecule has 0 spiro atoms. The van der Waals surface area contributed by atoms with Gasteiger partial charge in [0.15, 0.2) is 0 Å². The van der Waals surface area contributed by atoms with Crippen molar-refractivity contribution < 1.29 is 0 Å². The lowest BCUT2D eigenvalue weighted by atomic mass is 10.0. The van der Waals surface area contributed by atoms with E-state index in [2.05, 4.69) is 22.3 Å². The van der Waals surface area contributed by atoms with Gasteiger partial charge in [0.05, 0.1) is 0 Å². The molecule has 0 aliphatic heterocycles. The molecule has 0 saturated carbocycles. The first kappa shape index (κ1) is 13.1. The van der Waals surface area contributed by atoms with Gasteiger partial charge >= 0.3 is 0 Å². The lowest BCUT2D eigenvalue weighted by Gasteiger charge is -2.17. The maximum Gasteiger partial charge on any atom is 0.138 e. The van der Waals surface area contributed by atoms with Crippen molar-refractivity contribution in [2.75, 3.05) is 6.54 Å². The molecule has 18 heavy (non-hydrogen) atoms. The summed E-state index contributed by atoms with van der Waals surface area (Å²) in [6.07, 6.45) is 2.40. The Morgan fingerprint density at radius 2 is 2.06 bits per heavy atom. The van der Waals surface area contributed by atoms with Crippen LogP contribution in [0.1, 0.15) is 24.4 Å². The average Bonchev–Trinajstić information content (AvgIpc) is 2.76. The summed E-state index contributed by atoms with van der Waals surface area (Å²) in [6, 6.07) is 8.16. The molecular formula is C13H17ClN4. The fraction of sp³-hybridized carbons (Fsp3) is 0.385. The van der Waals surface area contributed by atoms with E-state index in [1.54, 1.807) is 11.0 Å². The molecule has 1 atom stereocenters. The third-order valence-electron chi connectivity index (χ3n) is 2.91. The van der Waals surface area contributed by atoms with E-state index in [-0.39, 0.29) is 6.04 Å². The fourth-order valence-corrected chi connectivity index (χ4v) is 2.06. The number of likely N-dealkylation sites (N-methyl/N-ethyl adjacent to an activating group) is 1. The standard InChI is InChI=1S/C13H17ClN4/c1-3-15-12(8-13-16-9-17-18(13)2)10-4-6-11(14)7-5-10/h4-7,9,12,15H,3,8H2,1-2H3. The Labute approximate surface area is 112 Å². The summed E-state index contributed by atoms with van der Waals surface area (Å²) >= 11 is 5.91. The quantitative estimate of drug-likeness (QED) is 0.902. The van der Waals surface area contributed by atoms with Crippen molar-refractivity contribution in [1.29, 1.82) is 0 Å². The average molecular weight is 265 g/mol. The predicted molar refractivity (Wildman–Crippen MR) is 72.6 cm³/mol. The van der Waals surface area contributed by atoms with Crippen LogP contribution in [0.2, 0.25) is 5.02 Å². The first-order valence-corrected chi connectivity index (χ1v) is 6.40. The summed E-state index contributed by atoms with van der Waals surface area (Å²) in [6.45, 7) is 3.00. The molecule has 1 aromatic carbocycles. The van der Waals surface area contributed by atoms with E-state index in [0.29, 0.717) is 0 Å². The highest BCUT2D eigenvalue weighted by atomic mass is 35.5. The van der Waals surface area contributed by atoms with Crippen LogP contribution in [0.3, 0.4) is 0 Å². The van der Waals surface area contributed by atoms with Gasteiger partial charge in [0, 0.05) is 24.5 Å². The maximum atomic E-state index is 5.91. The topological polar surface area (TPSA) is 42.7 Å². The number of aromatic nitrogens is 3. The number of hydrogen-bond donors (Lipinski definition) is 1. The maximum absolute atomic E-state index is 5.91. The lowest BCUT2D eigenvalue weighted by molar-refractivity contribution is 0.522. The number of nitrogens with one attached hydrogen (secondary N) is 1. The van der Waals surface area contributed by atoms with Crippen LogP contribution in [0.5, 0.6) is 0 Å². The Morgan fingerprint density at radius 3 is 2.61 bits per heavy atom. The first-order chi connectivity index (χ1) is 8.70. The third kappa shape index (κ3) is 3.09. The normalized spacial score (nSPS) is 12.6. The van der Waals surface area contributed by atoms with Gasteiger partial charge in [-0.1, -0.05) is 30.7 Å². The number of halogens is 1. The molecule has 1 unspecified atom stereocenters. The zero-order valence-electron chi connectivity index (χ0n) is 10.6. The van der Waals surface area contributed by atoms with Gasteiger partial charge in [-0.25, -0.2) is 4.98 Å². The highest BCUT2D eigenvalue weighted by Crippen LogP contribution is 2.19. The van der Waals surface area contributed by atoms with Crippen LogP contribution >= 0.6 is 11.6 Å². The minimum Gasteiger partial charge on any atom is -0.310 e. The van der Waals surface area contributed by atoms with Gasteiger partial charge in [0.25, 0.3) is 0 Å². The van der Waals surface area contributed by atoms with E-state index in [1.165, 1.54) is 5.56 Å².